The van der Waals surface area contributed by atoms with Crippen LogP contribution >= 0.6 is 0 Å². The minimum absolute atomic E-state index is 0.0563. The normalized spacial score (nSPS) is 25.7. The van der Waals surface area contributed by atoms with E-state index in [4.69, 9.17) is 0 Å². The fraction of sp³-hybridized carbons (Fsp3) is 0.923. The van der Waals surface area contributed by atoms with Crippen LogP contribution < -0.4 is 4.72 Å². The Morgan fingerprint density at radius 3 is 2.53 bits per heavy atom. The lowest BCUT2D eigenvalue weighted by molar-refractivity contribution is -0.131. The van der Waals surface area contributed by atoms with Gasteiger partial charge >= 0.3 is 0 Å². The molecule has 1 atom stereocenters. The molecule has 1 heterocycles. The van der Waals surface area contributed by atoms with E-state index in [1.54, 1.807) is 4.90 Å². The molecular weight excluding hydrogens is 264 g/mol. The van der Waals surface area contributed by atoms with Crippen LogP contribution in [0.2, 0.25) is 0 Å². The van der Waals surface area contributed by atoms with Crippen LogP contribution in [0.3, 0.4) is 0 Å². The molecule has 6 heteroatoms. The Morgan fingerprint density at radius 1 is 1.21 bits per heavy atom. The third kappa shape index (κ3) is 3.69. The van der Waals surface area contributed by atoms with Crippen molar-refractivity contribution >= 4 is 15.9 Å². The quantitative estimate of drug-likeness (QED) is 0.846. The average Bonchev–Trinajstić information content (AvgIpc) is 2.90. The molecule has 0 aromatic heterocycles. The van der Waals surface area contributed by atoms with Crippen LogP contribution in [-0.2, 0) is 14.8 Å². The first-order chi connectivity index (χ1) is 9.03. The molecule has 1 amide bonds. The number of nitrogens with one attached hydrogen (secondary N) is 1. The smallest absolute Gasteiger partial charge is 0.222 e. The Balaban J connectivity index is 1.97. The summed E-state index contributed by atoms with van der Waals surface area (Å²) in [7, 11) is -3.29. The number of sulfonamides is 1. The lowest BCUT2D eigenvalue weighted by Gasteiger charge is -2.33. The highest BCUT2D eigenvalue weighted by atomic mass is 32.2. The van der Waals surface area contributed by atoms with Gasteiger partial charge < -0.3 is 4.90 Å². The highest BCUT2D eigenvalue weighted by molar-refractivity contribution is 7.90. The summed E-state index contributed by atoms with van der Waals surface area (Å²) >= 11 is 0. The van der Waals surface area contributed by atoms with Crippen molar-refractivity contribution in [1.82, 2.24) is 9.62 Å². The molecule has 110 valence electrons. The SMILES string of the molecule is CCC(=O)N1CCC[C@H](S(=O)(=O)NC2CCCC2)C1. The Labute approximate surface area is 115 Å². The van der Waals surface area contributed by atoms with Crippen LogP contribution in [-0.4, -0.2) is 43.6 Å². The number of likely N-dealkylation sites (tertiary alicyclic amines) is 1. The molecular formula is C13H24N2O3S. The van der Waals surface area contributed by atoms with Gasteiger partial charge in [0.05, 0.1) is 5.25 Å². The molecule has 2 rings (SSSR count). The maximum atomic E-state index is 12.3. The van der Waals surface area contributed by atoms with Gasteiger partial charge in [-0.15, -0.1) is 0 Å². The van der Waals surface area contributed by atoms with Crippen LogP contribution in [0.5, 0.6) is 0 Å². The van der Waals surface area contributed by atoms with E-state index in [0.717, 1.165) is 32.1 Å². The van der Waals surface area contributed by atoms with Crippen molar-refractivity contribution in [2.45, 2.75) is 63.2 Å². The summed E-state index contributed by atoms with van der Waals surface area (Å²) in [4.78, 5) is 13.4. The van der Waals surface area contributed by atoms with E-state index in [1.807, 2.05) is 6.92 Å². The van der Waals surface area contributed by atoms with Crippen molar-refractivity contribution in [2.75, 3.05) is 13.1 Å². The molecule has 0 bridgehead atoms. The van der Waals surface area contributed by atoms with Gasteiger partial charge in [-0.3, -0.25) is 4.79 Å². The zero-order chi connectivity index (χ0) is 13.9. The summed E-state index contributed by atoms with van der Waals surface area (Å²) in [5.74, 6) is 0.0563. The van der Waals surface area contributed by atoms with Gasteiger partial charge in [-0.05, 0) is 25.7 Å². The Morgan fingerprint density at radius 2 is 1.89 bits per heavy atom. The maximum absolute atomic E-state index is 12.3. The second-order valence-corrected chi connectivity index (χ2v) is 7.59. The zero-order valence-electron chi connectivity index (χ0n) is 11.6. The van der Waals surface area contributed by atoms with Gasteiger partial charge in [0.25, 0.3) is 0 Å². The van der Waals surface area contributed by atoms with Crippen LogP contribution in [0.15, 0.2) is 0 Å². The summed E-state index contributed by atoms with van der Waals surface area (Å²) in [6, 6.07) is 0.113. The number of carbonyl (C=O) groups is 1. The predicted molar refractivity (Wildman–Crippen MR) is 74.2 cm³/mol. The standard InChI is InChI=1S/C13H24N2O3S/c1-2-13(16)15-9-5-8-12(10-15)19(17,18)14-11-6-3-4-7-11/h11-12,14H,2-10H2,1H3/t12-/m0/s1. The number of hydrogen-bond acceptors (Lipinski definition) is 3. The van der Waals surface area contributed by atoms with Gasteiger partial charge in [-0.2, -0.15) is 0 Å². The van der Waals surface area contributed by atoms with Crippen LogP contribution in [0, 0.1) is 0 Å². The third-order valence-corrected chi connectivity index (χ3v) is 6.08. The molecule has 0 aromatic rings. The molecule has 1 saturated carbocycles. The van der Waals surface area contributed by atoms with Gasteiger partial charge in [0.15, 0.2) is 0 Å². The fourth-order valence-corrected chi connectivity index (χ4v) is 4.76. The van der Waals surface area contributed by atoms with Gasteiger partial charge in [0, 0.05) is 25.6 Å². The highest BCUT2D eigenvalue weighted by Gasteiger charge is 2.34. The number of carbonyl (C=O) groups excluding carboxylic acids is 1. The molecule has 5 nitrogen and oxygen atoms in total. The fourth-order valence-electron chi connectivity index (χ4n) is 3.01. The molecule has 0 unspecified atom stereocenters. The van der Waals surface area contributed by atoms with Gasteiger partial charge in [-0.1, -0.05) is 19.8 Å². The molecule has 1 aliphatic heterocycles. The van der Waals surface area contributed by atoms with E-state index in [9.17, 15) is 13.2 Å². The first-order valence-electron chi connectivity index (χ1n) is 7.32. The van der Waals surface area contributed by atoms with Crippen molar-refractivity contribution in [3.63, 3.8) is 0 Å². The summed E-state index contributed by atoms with van der Waals surface area (Å²) in [6.07, 6.45) is 6.00. The number of piperidine rings is 1. The molecule has 2 fully saturated rings. The van der Waals surface area contributed by atoms with Crippen LogP contribution in [0.25, 0.3) is 0 Å². The molecule has 1 N–H and O–H groups in total. The highest BCUT2D eigenvalue weighted by Crippen LogP contribution is 2.22. The third-order valence-electron chi connectivity index (χ3n) is 4.16. The molecule has 2 aliphatic rings. The second kappa shape index (κ2) is 6.22. The van der Waals surface area contributed by atoms with Crippen LogP contribution in [0.1, 0.15) is 51.9 Å². The minimum Gasteiger partial charge on any atom is -0.341 e. The van der Waals surface area contributed by atoms with E-state index in [-0.39, 0.29) is 11.9 Å². The molecule has 0 aromatic carbocycles. The van der Waals surface area contributed by atoms with E-state index < -0.39 is 15.3 Å². The van der Waals surface area contributed by atoms with Crippen molar-refractivity contribution in [3.8, 4) is 0 Å². The molecule has 1 saturated heterocycles. The van der Waals surface area contributed by atoms with E-state index in [0.29, 0.717) is 25.9 Å². The van der Waals surface area contributed by atoms with Gasteiger partial charge in [0.2, 0.25) is 15.9 Å². The Kier molecular flexibility index (Phi) is 4.84. The average molecular weight is 288 g/mol. The number of amides is 1. The van der Waals surface area contributed by atoms with Crippen molar-refractivity contribution in [2.24, 2.45) is 0 Å². The zero-order valence-corrected chi connectivity index (χ0v) is 12.4. The Hall–Kier alpha value is -0.620. The first kappa shape index (κ1) is 14.8. The van der Waals surface area contributed by atoms with Gasteiger partial charge in [-0.25, -0.2) is 13.1 Å². The van der Waals surface area contributed by atoms with Crippen molar-refractivity contribution in [3.05, 3.63) is 0 Å². The molecule has 1 aliphatic carbocycles. The lowest BCUT2D eigenvalue weighted by Crippen LogP contribution is -2.49. The van der Waals surface area contributed by atoms with Gasteiger partial charge in [0.1, 0.15) is 0 Å². The second-order valence-electron chi connectivity index (χ2n) is 5.60. The summed E-state index contributed by atoms with van der Waals surface area (Å²) in [5.41, 5.74) is 0. The largest absolute Gasteiger partial charge is 0.341 e. The molecule has 0 radical (unpaired) electrons. The van der Waals surface area contributed by atoms with Crippen LogP contribution in [0.4, 0.5) is 0 Å². The number of rotatable bonds is 4. The summed E-state index contributed by atoms with van der Waals surface area (Å²) in [5, 5.41) is -0.433. The summed E-state index contributed by atoms with van der Waals surface area (Å²) < 4.78 is 27.5. The summed E-state index contributed by atoms with van der Waals surface area (Å²) in [6.45, 7) is 2.87. The van der Waals surface area contributed by atoms with E-state index in [1.165, 1.54) is 0 Å². The maximum Gasteiger partial charge on any atom is 0.222 e. The van der Waals surface area contributed by atoms with Crippen molar-refractivity contribution in [1.29, 1.82) is 0 Å². The first-order valence-corrected chi connectivity index (χ1v) is 8.86. The van der Waals surface area contributed by atoms with E-state index >= 15 is 0 Å². The lowest BCUT2D eigenvalue weighted by atomic mass is 10.1. The predicted octanol–water partition coefficient (Wildman–Crippen LogP) is 1.25. The monoisotopic (exact) mass is 288 g/mol. The topological polar surface area (TPSA) is 66.5 Å². The van der Waals surface area contributed by atoms with Crippen molar-refractivity contribution < 1.29 is 13.2 Å². The van der Waals surface area contributed by atoms with E-state index in [2.05, 4.69) is 4.72 Å². The minimum atomic E-state index is -3.29. The molecule has 0 spiro atoms. The Bertz CT molecular complexity index is 416. The number of nitrogens with zero attached hydrogens (tertiary/aromatic N) is 1. The molecule has 19 heavy (non-hydrogen) atoms. The number of hydrogen-bond donors (Lipinski definition) is 1.